The molecule has 0 bridgehead atoms. The van der Waals surface area contributed by atoms with Gasteiger partial charge >= 0.3 is 0 Å². The number of nitrogens with zero attached hydrogens (tertiary/aromatic N) is 2. The SMILES string of the molecule is Cc1noc(CCC(C)O)c1C1=NC(C)(C)CO1. The Morgan fingerprint density at radius 1 is 1.44 bits per heavy atom. The van der Waals surface area contributed by atoms with Gasteiger partial charge in [-0.15, -0.1) is 0 Å². The van der Waals surface area contributed by atoms with E-state index in [1.807, 2.05) is 20.8 Å². The molecule has 0 saturated carbocycles. The molecule has 5 nitrogen and oxygen atoms in total. The highest BCUT2D eigenvalue weighted by atomic mass is 16.5. The highest BCUT2D eigenvalue weighted by molar-refractivity contribution is 5.97. The Labute approximate surface area is 107 Å². The summed E-state index contributed by atoms with van der Waals surface area (Å²) in [6.45, 7) is 8.26. The second-order valence-corrected chi connectivity index (χ2v) is 5.47. The van der Waals surface area contributed by atoms with E-state index in [2.05, 4.69) is 10.1 Å². The molecule has 100 valence electrons. The number of aliphatic hydroxyl groups is 1. The summed E-state index contributed by atoms with van der Waals surface area (Å²) in [5.74, 6) is 1.35. The van der Waals surface area contributed by atoms with Crippen LogP contribution in [0, 0.1) is 6.92 Å². The van der Waals surface area contributed by atoms with Crippen LogP contribution in [0.25, 0.3) is 0 Å². The number of aromatic nitrogens is 1. The van der Waals surface area contributed by atoms with Crippen molar-refractivity contribution in [1.82, 2.24) is 5.16 Å². The minimum absolute atomic E-state index is 0.194. The third-order valence-corrected chi connectivity index (χ3v) is 2.90. The molecule has 1 aromatic rings. The van der Waals surface area contributed by atoms with E-state index in [1.54, 1.807) is 6.92 Å². The number of aliphatic imine (C=N–C) groups is 1. The van der Waals surface area contributed by atoms with Crippen molar-refractivity contribution in [3.8, 4) is 0 Å². The van der Waals surface area contributed by atoms with Crippen LogP contribution in [0.1, 0.15) is 44.2 Å². The van der Waals surface area contributed by atoms with Gasteiger partial charge in [0.05, 0.1) is 17.3 Å². The Kier molecular flexibility index (Phi) is 3.43. The predicted molar refractivity (Wildman–Crippen MR) is 67.8 cm³/mol. The first-order chi connectivity index (χ1) is 8.39. The molecular weight excluding hydrogens is 232 g/mol. The zero-order valence-electron chi connectivity index (χ0n) is 11.4. The molecule has 1 aromatic heterocycles. The summed E-state index contributed by atoms with van der Waals surface area (Å²) in [5, 5.41) is 13.3. The average molecular weight is 252 g/mol. The third kappa shape index (κ3) is 2.72. The third-order valence-electron chi connectivity index (χ3n) is 2.90. The number of hydrogen-bond acceptors (Lipinski definition) is 5. The van der Waals surface area contributed by atoms with Crippen molar-refractivity contribution in [2.24, 2.45) is 4.99 Å². The van der Waals surface area contributed by atoms with Crippen LogP contribution in [0.3, 0.4) is 0 Å². The number of rotatable bonds is 4. The Balaban J connectivity index is 2.25. The van der Waals surface area contributed by atoms with E-state index in [0.29, 0.717) is 25.3 Å². The maximum Gasteiger partial charge on any atom is 0.222 e. The van der Waals surface area contributed by atoms with Crippen molar-refractivity contribution >= 4 is 5.90 Å². The normalized spacial score (nSPS) is 19.5. The summed E-state index contributed by atoms with van der Waals surface area (Å²) in [4.78, 5) is 4.54. The zero-order valence-corrected chi connectivity index (χ0v) is 11.4. The summed E-state index contributed by atoms with van der Waals surface area (Å²) >= 11 is 0. The Bertz CT molecular complexity index is 461. The summed E-state index contributed by atoms with van der Waals surface area (Å²) in [6.07, 6.45) is 0.917. The van der Waals surface area contributed by atoms with E-state index in [4.69, 9.17) is 9.26 Å². The predicted octanol–water partition coefficient (Wildman–Crippen LogP) is 1.85. The van der Waals surface area contributed by atoms with Gasteiger partial charge in [-0.2, -0.15) is 0 Å². The van der Waals surface area contributed by atoms with Crippen molar-refractivity contribution in [2.75, 3.05) is 6.61 Å². The van der Waals surface area contributed by atoms with Crippen LogP contribution in [0.4, 0.5) is 0 Å². The Morgan fingerprint density at radius 2 is 2.17 bits per heavy atom. The van der Waals surface area contributed by atoms with E-state index in [1.165, 1.54) is 0 Å². The fourth-order valence-corrected chi connectivity index (χ4v) is 1.91. The monoisotopic (exact) mass is 252 g/mol. The van der Waals surface area contributed by atoms with Gasteiger partial charge in [-0.05, 0) is 34.1 Å². The lowest BCUT2D eigenvalue weighted by atomic mass is 10.1. The second-order valence-electron chi connectivity index (χ2n) is 5.47. The number of aliphatic hydroxyl groups excluding tert-OH is 1. The van der Waals surface area contributed by atoms with Gasteiger partial charge in [-0.25, -0.2) is 4.99 Å². The smallest absolute Gasteiger partial charge is 0.222 e. The van der Waals surface area contributed by atoms with E-state index in [0.717, 1.165) is 17.0 Å². The highest BCUT2D eigenvalue weighted by Gasteiger charge is 2.31. The molecule has 0 aliphatic carbocycles. The van der Waals surface area contributed by atoms with E-state index >= 15 is 0 Å². The number of aryl methyl sites for hydroxylation is 2. The summed E-state index contributed by atoms with van der Waals surface area (Å²) in [5.41, 5.74) is 1.44. The van der Waals surface area contributed by atoms with Crippen LogP contribution in [-0.2, 0) is 11.2 Å². The van der Waals surface area contributed by atoms with Gasteiger partial charge in [-0.1, -0.05) is 5.16 Å². The molecule has 18 heavy (non-hydrogen) atoms. The summed E-state index contributed by atoms with van der Waals surface area (Å²) in [6, 6.07) is 0. The molecule has 1 atom stereocenters. The van der Waals surface area contributed by atoms with Gasteiger partial charge in [0.1, 0.15) is 17.9 Å². The van der Waals surface area contributed by atoms with Crippen LogP contribution in [0.2, 0.25) is 0 Å². The quantitative estimate of drug-likeness (QED) is 0.888. The lowest BCUT2D eigenvalue weighted by Gasteiger charge is -2.07. The van der Waals surface area contributed by atoms with Crippen LogP contribution in [0.15, 0.2) is 9.52 Å². The average Bonchev–Trinajstić information content (AvgIpc) is 2.78. The van der Waals surface area contributed by atoms with Crippen molar-refractivity contribution in [1.29, 1.82) is 0 Å². The van der Waals surface area contributed by atoms with Crippen molar-refractivity contribution in [3.63, 3.8) is 0 Å². The molecule has 1 N–H and O–H groups in total. The number of ether oxygens (including phenoxy) is 1. The molecule has 5 heteroatoms. The molecule has 2 heterocycles. The molecule has 1 aliphatic rings. The molecule has 1 unspecified atom stereocenters. The van der Waals surface area contributed by atoms with Crippen molar-refractivity contribution in [3.05, 3.63) is 17.0 Å². The standard InChI is InChI=1S/C13H20N2O3/c1-8(16)5-6-10-11(9(2)15-18-10)12-14-13(3,4)7-17-12/h8,16H,5-7H2,1-4H3. The van der Waals surface area contributed by atoms with Crippen LogP contribution in [0.5, 0.6) is 0 Å². The summed E-state index contributed by atoms with van der Waals surface area (Å²) < 4.78 is 10.9. The van der Waals surface area contributed by atoms with E-state index in [9.17, 15) is 5.11 Å². The molecule has 0 aromatic carbocycles. The fourth-order valence-electron chi connectivity index (χ4n) is 1.91. The topological polar surface area (TPSA) is 67.9 Å². The minimum Gasteiger partial charge on any atom is -0.475 e. The summed E-state index contributed by atoms with van der Waals surface area (Å²) in [7, 11) is 0. The molecule has 0 saturated heterocycles. The first kappa shape index (κ1) is 13.1. The van der Waals surface area contributed by atoms with Gasteiger partial charge < -0.3 is 14.4 Å². The lowest BCUT2D eigenvalue weighted by Crippen LogP contribution is -2.17. The van der Waals surface area contributed by atoms with Crippen LogP contribution in [-0.4, -0.2) is 34.4 Å². The molecule has 0 radical (unpaired) electrons. The van der Waals surface area contributed by atoms with Crippen LogP contribution >= 0.6 is 0 Å². The van der Waals surface area contributed by atoms with Crippen molar-refractivity contribution < 1.29 is 14.4 Å². The number of hydrogen-bond donors (Lipinski definition) is 1. The molecule has 0 fully saturated rings. The Hall–Kier alpha value is -1.36. The largest absolute Gasteiger partial charge is 0.475 e. The van der Waals surface area contributed by atoms with Gasteiger partial charge in [0.15, 0.2) is 0 Å². The molecular formula is C13H20N2O3. The maximum absolute atomic E-state index is 9.34. The minimum atomic E-state index is -0.355. The fraction of sp³-hybridized carbons (Fsp3) is 0.692. The van der Waals surface area contributed by atoms with E-state index in [-0.39, 0.29) is 11.6 Å². The first-order valence-corrected chi connectivity index (χ1v) is 6.25. The molecule has 2 rings (SSSR count). The molecule has 0 amide bonds. The van der Waals surface area contributed by atoms with E-state index < -0.39 is 0 Å². The second kappa shape index (κ2) is 4.72. The van der Waals surface area contributed by atoms with Gasteiger partial charge in [-0.3, -0.25) is 0 Å². The molecule has 0 spiro atoms. The van der Waals surface area contributed by atoms with Gasteiger partial charge in [0.25, 0.3) is 0 Å². The maximum atomic E-state index is 9.34. The zero-order chi connectivity index (χ0) is 13.3. The first-order valence-electron chi connectivity index (χ1n) is 6.25. The van der Waals surface area contributed by atoms with Crippen molar-refractivity contribution in [2.45, 2.75) is 52.2 Å². The lowest BCUT2D eigenvalue weighted by molar-refractivity contribution is 0.181. The van der Waals surface area contributed by atoms with Gasteiger partial charge in [0.2, 0.25) is 5.90 Å². The highest BCUT2D eigenvalue weighted by Crippen LogP contribution is 2.25. The molecule has 1 aliphatic heterocycles. The van der Waals surface area contributed by atoms with Crippen LogP contribution < -0.4 is 0 Å². The Morgan fingerprint density at radius 3 is 2.72 bits per heavy atom. The van der Waals surface area contributed by atoms with Gasteiger partial charge in [0, 0.05) is 6.42 Å².